The van der Waals surface area contributed by atoms with Crippen LogP contribution in [0.25, 0.3) is 17.0 Å². The van der Waals surface area contributed by atoms with Crippen LogP contribution < -0.4 is 20.3 Å². The fraction of sp³-hybridized carbons (Fsp3) is 0.105. The number of anilines is 1. The normalized spacial score (nSPS) is 10.8. The molecule has 132 valence electrons. The maximum atomic E-state index is 12.2. The topological polar surface area (TPSA) is 93.3 Å². The number of benzene rings is 2. The van der Waals surface area contributed by atoms with Gasteiger partial charge < -0.3 is 19.8 Å². The molecule has 2 aromatic carbocycles. The minimum Gasteiger partial charge on any atom is -0.493 e. The summed E-state index contributed by atoms with van der Waals surface area (Å²) in [4.78, 5) is 30.6. The molecule has 0 fully saturated rings. The highest BCUT2D eigenvalue weighted by Gasteiger charge is 2.08. The molecule has 0 aliphatic rings. The Hall–Kier alpha value is -3.61. The number of para-hydroxylation sites is 1. The number of rotatable bonds is 5. The lowest BCUT2D eigenvalue weighted by atomic mass is 10.1. The van der Waals surface area contributed by atoms with E-state index in [9.17, 15) is 9.59 Å². The second kappa shape index (κ2) is 7.52. The number of fused-ring (bicyclic) bond motifs is 1. The highest BCUT2D eigenvalue weighted by Crippen LogP contribution is 2.31. The number of hydrogen-bond acceptors (Lipinski definition) is 5. The van der Waals surface area contributed by atoms with Crippen molar-refractivity contribution in [1.29, 1.82) is 0 Å². The molecule has 2 N–H and O–H groups in total. The lowest BCUT2D eigenvalue weighted by molar-refractivity contribution is -0.111. The summed E-state index contributed by atoms with van der Waals surface area (Å²) in [5.74, 6) is 0.785. The van der Waals surface area contributed by atoms with Crippen molar-refractivity contribution >= 4 is 28.6 Å². The van der Waals surface area contributed by atoms with E-state index in [0.29, 0.717) is 33.7 Å². The second-order valence-corrected chi connectivity index (χ2v) is 5.37. The third-order valence-electron chi connectivity index (χ3n) is 3.76. The Morgan fingerprint density at radius 2 is 2.04 bits per heavy atom. The molecule has 0 radical (unpaired) electrons. The number of nitrogens with one attached hydrogen (secondary N) is 2. The molecule has 0 aliphatic heterocycles. The van der Waals surface area contributed by atoms with Gasteiger partial charge in [-0.2, -0.15) is 0 Å². The summed E-state index contributed by atoms with van der Waals surface area (Å²) >= 11 is 0. The van der Waals surface area contributed by atoms with E-state index in [2.05, 4.69) is 15.3 Å². The maximum absolute atomic E-state index is 12.2. The first-order chi connectivity index (χ1) is 12.6. The number of carbonyl (C=O) groups excluding carboxylic acids is 1. The van der Waals surface area contributed by atoms with Crippen molar-refractivity contribution in [2.45, 2.75) is 0 Å². The van der Waals surface area contributed by atoms with E-state index < -0.39 is 0 Å². The van der Waals surface area contributed by atoms with E-state index in [1.54, 1.807) is 37.5 Å². The van der Waals surface area contributed by atoms with Crippen LogP contribution >= 0.6 is 0 Å². The summed E-state index contributed by atoms with van der Waals surface area (Å²) in [5.41, 5.74) is 1.51. The standard InChI is InChI=1S/C19H17N3O4/c1-25-16-5-3-4-12(18(16)26-2)6-9-17(23)22-13-7-8-15-14(10-13)19(24)21-11-20-15/h3-11H,1-2H3,(H,22,23)(H,20,21,24)/b9-6+. The molecule has 1 aromatic heterocycles. The fourth-order valence-electron chi connectivity index (χ4n) is 2.54. The van der Waals surface area contributed by atoms with Gasteiger partial charge in [-0.3, -0.25) is 9.59 Å². The van der Waals surface area contributed by atoms with Crippen molar-refractivity contribution in [2.75, 3.05) is 19.5 Å². The van der Waals surface area contributed by atoms with Crippen molar-refractivity contribution in [1.82, 2.24) is 9.97 Å². The van der Waals surface area contributed by atoms with Gasteiger partial charge in [-0.05, 0) is 30.3 Å². The summed E-state index contributed by atoms with van der Waals surface area (Å²) in [6.45, 7) is 0. The highest BCUT2D eigenvalue weighted by molar-refractivity contribution is 6.03. The molecule has 0 bridgehead atoms. The van der Waals surface area contributed by atoms with Crippen LogP contribution in [0.3, 0.4) is 0 Å². The Bertz CT molecular complexity index is 1040. The van der Waals surface area contributed by atoms with Crippen molar-refractivity contribution < 1.29 is 14.3 Å². The molecule has 7 nitrogen and oxygen atoms in total. The first-order valence-electron chi connectivity index (χ1n) is 7.80. The van der Waals surface area contributed by atoms with E-state index in [-0.39, 0.29) is 11.5 Å². The number of H-pyrrole nitrogens is 1. The van der Waals surface area contributed by atoms with Gasteiger partial charge in [-0.25, -0.2) is 4.98 Å². The number of carbonyl (C=O) groups is 1. The van der Waals surface area contributed by atoms with Crippen LogP contribution in [-0.2, 0) is 4.79 Å². The predicted molar refractivity (Wildman–Crippen MR) is 99.6 cm³/mol. The van der Waals surface area contributed by atoms with Crippen LogP contribution in [-0.4, -0.2) is 30.1 Å². The quantitative estimate of drug-likeness (QED) is 0.689. The van der Waals surface area contributed by atoms with Crippen LogP contribution in [0.15, 0.2) is 53.6 Å². The van der Waals surface area contributed by atoms with E-state index in [1.807, 2.05) is 12.1 Å². The zero-order valence-corrected chi connectivity index (χ0v) is 14.3. The van der Waals surface area contributed by atoms with Crippen LogP contribution in [0.1, 0.15) is 5.56 Å². The summed E-state index contributed by atoms with van der Waals surface area (Å²) in [5, 5.41) is 3.13. The minimum atomic E-state index is -0.338. The first-order valence-corrected chi connectivity index (χ1v) is 7.80. The number of hydrogen-bond donors (Lipinski definition) is 2. The summed E-state index contributed by atoms with van der Waals surface area (Å²) < 4.78 is 10.6. The molecule has 0 atom stereocenters. The molecule has 0 aliphatic carbocycles. The molecular formula is C19H17N3O4. The van der Waals surface area contributed by atoms with Crippen LogP contribution in [0, 0.1) is 0 Å². The molecule has 1 heterocycles. The van der Waals surface area contributed by atoms with Crippen molar-refractivity contribution in [3.05, 3.63) is 64.7 Å². The van der Waals surface area contributed by atoms with E-state index in [0.717, 1.165) is 0 Å². The first kappa shape index (κ1) is 17.2. The zero-order chi connectivity index (χ0) is 18.5. The van der Waals surface area contributed by atoms with Crippen LogP contribution in [0.5, 0.6) is 11.5 Å². The molecule has 0 spiro atoms. The van der Waals surface area contributed by atoms with Gasteiger partial charge in [0.2, 0.25) is 5.91 Å². The molecule has 3 aromatic rings. The lowest BCUT2D eigenvalue weighted by Crippen LogP contribution is -2.10. The Morgan fingerprint density at radius 3 is 2.81 bits per heavy atom. The number of methoxy groups -OCH3 is 2. The molecule has 0 saturated heterocycles. The molecular weight excluding hydrogens is 334 g/mol. The average molecular weight is 351 g/mol. The van der Waals surface area contributed by atoms with Gasteiger partial charge in [-0.1, -0.05) is 12.1 Å². The molecule has 3 rings (SSSR count). The summed E-state index contributed by atoms with van der Waals surface area (Å²) in [6, 6.07) is 10.3. The average Bonchev–Trinajstić information content (AvgIpc) is 2.66. The third kappa shape index (κ3) is 3.56. The Morgan fingerprint density at radius 1 is 1.19 bits per heavy atom. The Kier molecular flexibility index (Phi) is 4.98. The summed E-state index contributed by atoms with van der Waals surface area (Å²) in [7, 11) is 3.09. The van der Waals surface area contributed by atoms with Gasteiger partial charge in [0.05, 0.1) is 31.4 Å². The Balaban J connectivity index is 1.80. The maximum Gasteiger partial charge on any atom is 0.258 e. The fourth-order valence-corrected chi connectivity index (χ4v) is 2.54. The van der Waals surface area contributed by atoms with Crippen molar-refractivity contribution in [2.24, 2.45) is 0 Å². The van der Waals surface area contributed by atoms with E-state index in [4.69, 9.17) is 9.47 Å². The van der Waals surface area contributed by atoms with Gasteiger partial charge in [0.25, 0.3) is 5.56 Å². The van der Waals surface area contributed by atoms with Crippen molar-refractivity contribution in [3.63, 3.8) is 0 Å². The van der Waals surface area contributed by atoms with Gasteiger partial charge in [0.1, 0.15) is 0 Å². The molecule has 26 heavy (non-hydrogen) atoms. The van der Waals surface area contributed by atoms with Crippen LogP contribution in [0.4, 0.5) is 5.69 Å². The predicted octanol–water partition coefficient (Wildman–Crippen LogP) is 2.59. The Labute approximate surface area is 149 Å². The molecule has 1 amide bonds. The monoisotopic (exact) mass is 351 g/mol. The lowest BCUT2D eigenvalue weighted by Gasteiger charge is -2.09. The van der Waals surface area contributed by atoms with Gasteiger partial charge in [-0.15, -0.1) is 0 Å². The number of aromatic amines is 1. The summed E-state index contributed by atoms with van der Waals surface area (Å²) in [6.07, 6.45) is 4.36. The van der Waals surface area contributed by atoms with E-state index >= 15 is 0 Å². The third-order valence-corrected chi connectivity index (χ3v) is 3.76. The van der Waals surface area contributed by atoms with Crippen LogP contribution in [0.2, 0.25) is 0 Å². The second-order valence-electron chi connectivity index (χ2n) is 5.37. The SMILES string of the molecule is COc1cccc(/C=C/C(=O)Nc2ccc3nc[nH]c(=O)c3c2)c1OC. The minimum absolute atomic E-state index is 0.261. The van der Waals surface area contributed by atoms with E-state index in [1.165, 1.54) is 19.5 Å². The molecule has 0 unspecified atom stereocenters. The largest absolute Gasteiger partial charge is 0.493 e. The van der Waals surface area contributed by atoms with Crippen molar-refractivity contribution in [3.8, 4) is 11.5 Å². The zero-order valence-electron chi connectivity index (χ0n) is 14.3. The molecule has 7 heteroatoms. The van der Waals surface area contributed by atoms with Gasteiger partial charge in [0, 0.05) is 17.3 Å². The number of aromatic nitrogens is 2. The number of ether oxygens (including phenoxy) is 2. The van der Waals surface area contributed by atoms with Gasteiger partial charge >= 0.3 is 0 Å². The number of amides is 1. The smallest absolute Gasteiger partial charge is 0.258 e. The van der Waals surface area contributed by atoms with Gasteiger partial charge in [0.15, 0.2) is 11.5 Å². The highest BCUT2D eigenvalue weighted by atomic mass is 16.5. The number of nitrogens with zero attached hydrogens (tertiary/aromatic N) is 1. The molecule has 0 saturated carbocycles.